The molecule has 116 valence electrons. The van der Waals surface area contributed by atoms with Gasteiger partial charge in [-0.2, -0.15) is 0 Å². The third kappa shape index (κ3) is 5.61. The van der Waals surface area contributed by atoms with Gasteiger partial charge in [-0.25, -0.2) is 4.79 Å². The number of benzene rings is 1. The van der Waals surface area contributed by atoms with Gasteiger partial charge in [0.15, 0.2) is 0 Å². The Morgan fingerprint density at radius 2 is 2.05 bits per heavy atom. The van der Waals surface area contributed by atoms with Crippen molar-refractivity contribution in [1.82, 2.24) is 10.6 Å². The predicted molar refractivity (Wildman–Crippen MR) is 79.5 cm³/mol. The van der Waals surface area contributed by atoms with Gasteiger partial charge in [-0.05, 0) is 13.0 Å². The van der Waals surface area contributed by atoms with Gasteiger partial charge in [0, 0.05) is 24.2 Å². The van der Waals surface area contributed by atoms with Crippen LogP contribution in [-0.2, 0) is 9.53 Å². The van der Waals surface area contributed by atoms with Crippen molar-refractivity contribution in [2.75, 3.05) is 13.7 Å². The van der Waals surface area contributed by atoms with Crippen molar-refractivity contribution in [3.8, 4) is 0 Å². The van der Waals surface area contributed by atoms with Gasteiger partial charge >= 0.3 is 12.0 Å². The van der Waals surface area contributed by atoms with E-state index in [1.165, 1.54) is 7.11 Å². The summed E-state index contributed by atoms with van der Waals surface area (Å²) in [5.74, 6) is -0.964. The highest BCUT2D eigenvalue weighted by molar-refractivity contribution is 6.31. The molecule has 0 fully saturated rings. The molecule has 1 rings (SSSR count). The first-order valence-electron chi connectivity index (χ1n) is 6.49. The van der Waals surface area contributed by atoms with Crippen LogP contribution in [0.4, 0.5) is 4.79 Å². The number of hydrogen-bond donors (Lipinski definition) is 3. The van der Waals surface area contributed by atoms with E-state index in [0.717, 1.165) is 5.56 Å². The van der Waals surface area contributed by atoms with E-state index in [0.29, 0.717) is 5.02 Å². The molecule has 0 spiro atoms. The number of carbonyl (C=O) groups is 2. The largest absolute Gasteiger partial charge is 0.481 e. The number of nitrogens with one attached hydrogen (secondary N) is 2. The quantitative estimate of drug-likeness (QED) is 0.720. The Labute approximate surface area is 128 Å². The van der Waals surface area contributed by atoms with Gasteiger partial charge in [-0.15, -0.1) is 0 Å². The fourth-order valence-electron chi connectivity index (χ4n) is 1.92. The minimum absolute atomic E-state index is 0.0671. The van der Waals surface area contributed by atoms with Crippen molar-refractivity contribution >= 4 is 23.6 Å². The molecule has 6 nitrogen and oxygen atoms in total. The Bertz CT molecular complexity index is 496. The number of halogens is 1. The van der Waals surface area contributed by atoms with E-state index in [-0.39, 0.29) is 19.0 Å². The normalized spacial score (nSPS) is 13.3. The van der Waals surface area contributed by atoms with Crippen LogP contribution in [0, 0.1) is 0 Å². The van der Waals surface area contributed by atoms with Crippen molar-refractivity contribution in [1.29, 1.82) is 0 Å². The Balaban J connectivity index is 2.59. The van der Waals surface area contributed by atoms with Crippen LogP contribution in [0.1, 0.15) is 25.0 Å². The molecule has 0 aliphatic heterocycles. The van der Waals surface area contributed by atoms with Gasteiger partial charge in [0.2, 0.25) is 0 Å². The number of rotatable bonds is 7. The molecule has 0 aliphatic rings. The summed E-state index contributed by atoms with van der Waals surface area (Å²) in [6, 6.07) is 6.46. The molecule has 2 amide bonds. The van der Waals surface area contributed by atoms with Crippen LogP contribution in [0.25, 0.3) is 0 Å². The summed E-state index contributed by atoms with van der Waals surface area (Å²) in [6.07, 6.45) is -0.524. The lowest BCUT2D eigenvalue weighted by molar-refractivity contribution is -0.136. The minimum atomic E-state index is -0.964. The van der Waals surface area contributed by atoms with E-state index in [9.17, 15) is 9.59 Å². The number of carboxylic acids is 1. The maximum absolute atomic E-state index is 11.7. The zero-order valence-corrected chi connectivity index (χ0v) is 12.7. The van der Waals surface area contributed by atoms with E-state index in [1.807, 2.05) is 18.2 Å². The maximum atomic E-state index is 11.7. The highest BCUT2D eigenvalue weighted by Crippen LogP contribution is 2.27. The molecule has 2 unspecified atom stereocenters. The zero-order valence-electron chi connectivity index (χ0n) is 11.9. The van der Waals surface area contributed by atoms with Crippen LogP contribution in [0.5, 0.6) is 0 Å². The van der Waals surface area contributed by atoms with Crippen LogP contribution in [0.15, 0.2) is 24.3 Å². The van der Waals surface area contributed by atoms with Crippen LogP contribution >= 0.6 is 11.6 Å². The summed E-state index contributed by atoms with van der Waals surface area (Å²) < 4.78 is 5.40. The molecule has 21 heavy (non-hydrogen) atoms. The SMILES string of the molecule is COC(c1ccccc1Cl)C(C)NC(=O)NCCC(=O)O. The van der Waals surface area contributed by atoms with E-state index in [1.54, 1.807) is 13.0 Å². The zero-order chi connectivity index (χ0) is 15.8. The number of hydrogen-bond acceptors (Lipinski definition) is 3. The third-order valence-corrected chi connectivity index (χ3v) is 3.25. The number of methoxy groups -OCH3 is 1. The van der Waals surface area contributed by atoms with Crippen molar-refractivity contribution in [3.63, 3.8) is 0 Å². The van der Waals surface area contributed by atoms with Gasteiger partial charge in [-0.1, -0.05) is 29.8 Å². The monoisotopic (exact) mass is 314 g/mol. The number of carbonyl (C=O) groups excluding carboxylic acids is 1. The second-order valence-electron chi connectivity index (χ2n) is 4.51. The smallest absolute Gasteiger partial charge is 0.315 e. The Hall–Kier alpha value is -1.79. The van der Waals surface area contributed by atoms with Crippen LogP contribution in [-0.4, -0.2) is 36.8 Å². The average molecular weight is 315 g/mol. The predicted octanol–water partition coefficient (Wildman–Crippen LogP) is 2.19. The molecule has 0 heterocycles. The molecule has 1 aromatic carbocycles. The van der Waals surface area contributed by atoms with Crippen molar-refractivity contribution < 1.29 is 19.4 Å². The Morgan fingerprint density at radius 1 is 1.38 bits per heavy atom. The van der Waals surface area contributed by atoms with Crippen LogP contribution in [0.2, 0.25) is 5.02 Å². The van der Waals surface area contributed by atoms with Crippen molar-refractivity contribution in [2.24, 2.45) is 0 Å². The Morgan fingerprint density at radius 3 is 2.62 bits per heavy atom. The lowest BCUT2D eigenvalue weighted by Gasteiger charge is -2.25. The number of aliphatic carboxylic acids is 1. The summed E-state index contributed by atoms with van der Waals surface area (Å²) in [4.78, 5) is 22.0. The lowest BCUT2D eigenvalue weighted by atomic mass is 10.0. The van der Waals surface area contributed by atoms with E-state index in [2.05, 4.69) is 10.6 Å². The van der Waals surface area contributed by atoms with E-state index >= 15 is 0 Å². The third-order valence-electron chi connectivity index (χ3n) is 2.90. The molecule has 0 aliphatic carbocycles. The fourth-order valence-corrected chi connectivity index (χ4v) is 2.17. The second kappa shape index (κ2) is 8.49. The molecule has 0 saturated carbocycles. The summed E-state index contributed by atoms with van der Waals surface area (Å²) in [5.41, 5.74) is 0.778. The van der Waals surface area contributed by atoms with Crippen LogP contribution in [0.3, 0.4) is 0 Å². The molecule has 3 N–H and O–H groups in total. The van der Waals surface area contributed by atoms with E-state index in [4.69, 9.17) is 21.4 Å². The minimum Gasteiger partial charge on any atom is -0.481 e. The topological polar surface area (TPSA) is 87.7 Å². The first kappa shape index (κ1) is 17.3. The maximum Gasteiger partial charge on any atom is 0.315 e. The molecular weight excluding hydrogens is 296 g/mol. The summed E-state index contributed by atoms with van der Waals surface area (Å²) in [5, 5.41) is 14.2. The molecule has 0 aromatic heterocycles. The number of carboxylic acid groups (broad SMARTS) is 1. The van der Waals surface area contributed by atoms with E-state index < -0.39 is 18.1 Å². The number of ether oxygens (including phenoxy) is 1. The molecule has 0 bridgehead atoms. The summed E-state index contributed by atoms with van der Waals surface area (Å²) in [7, 11) is 1.54. The van der Waals surface area contributed by atoms with Gasteiger partial charge in [0.25, 0.3) is 0 Å². The highest BCUT2D eigenvalue weighted by atomic mass is 35.5. The molecule has 2 atom stereocenters. The first-order chi connectivity index (χ1) is 9.95. The highest BCUT2D eigenvalue weighted by Gasteiger charge is 2.22. The van der Waals surface area contributed by atoms with Gasteiger partial charge in [-0.3, -0.25) is 4.79 Å². The van der Waals surface area contributed by atoms with Crippen molar-refractivity contribution in [2.45, 2.75) is 25.5 Å². The average Bonchev–Trinajstić information content (AvgIpc) is 2.41. The lowest BCUT2D eigenvalue weighted by Crippen LogP contribution is -2.44. The Kier molecular flexibility index (Phi) is 6.98. The van der Waals surface area contributed by atoms with Crippen molar-refractivity contribution in [3.05, 3.63) is 34.9 Å². The summed E-state index contributed by atoms with van der Waals surface area (Å²) >= 11 is 6.12. The fraction of sp³-hybridized carbons (Fsp3) is 0.429. The van der Waals surface area contributed by atoms with Crippen LogP contribution < -0.4 is 10.6 Å². The first-order valence-corrected chi connectivity index (χ1v) is 6.87. The standard InChI is InChI=1S/C14H19ClN2O4/c1-9(17-14(20)16-8-7-12(18)19)13(21-2)10-5-3-4-6-11(10)15/h3-6,9,13H,7-8H2,1-2H3,(H,18,19)(H2,16,17,20). The number of amides is 2. The summed E-state index contributed by atoms with van der Waals surface area (Å²) in [6.45, 7) is 1.85. The molecule has 1 aromatic rings. The second-order valence-corrected chi connectivity index (χ2v) is 4.92. The molecule has 0 saturated heterocycles. The molecule has 7 heteroatoms. The van der Waals surface area contributed by atoms with Gasteiger partial charge < -0.3 is 20.5 Å². The van der Waals surface area contributed by atoms with Gasteiger partial charge in [0.05, 0.1) is 12.5 Å². The number of urea groups is 1. The molecule has 0 radical (unpaired) electrons. The molecular formula is C14H19ClN2O4. The van der Waals surface area contributed by atoms with Gasteiger partial charge in [0.1, 0.15) is 6.10 Å².